The van der Waals surface area contributed by atoms with Crippen LogP contribution in [0.1, 0.15) is 50.2 Å². The van der Waals surface area contributed by atoms with Crippen LogP contribution >= 0.6 is 11.8 Å². The second-order valence-corrected chi connectivity index (χ2v) is 9.13. The Balaban J connectivity index is 1.64. The van der Waals surface area contributed by atoms with Gasteiger partial charge in [-0.2, -0.15) is 0 Å². The van der Waals surface area contributed by atoms with Crippen molar-refractivity contribution in [1.29, 1.82) is 0 Å². The van der Waals surface area contributed by atoms with Crippen molar-refractivity contribution in [2.45, 2.75) is 63.4 Å². The van der Waals surface area contributed by atoms with Gasteiger partial charge in [0.05, 0.1) is 5.75 Å². The van der Waals surface area contributed by atoms with E-state index in [2.05, 4.69) is 5.32 Å². The number of hydrogen-bond acceptors (Lipinski definition) is 3. The number of carbonyl (C=O) groups is 2. The first kappa shape index (κ1) is 23.3. The quantitative estimate of drug-likeness (QED) is 0.599. The van der Waals surface area contributed by atoms with Crippen LogP contribution in [-0.4, -0.2) is 34.6 Å². The van der Waals surface area contributed by atoms with Gasteiger partial charge in [-0.05, 0) is 43.0 Å². The summed E-state index contributed by atoms with van der Waals surface area (Å²) in [5.74, 6) is 0.506. The minimum atomic E-state index is -0.586. The first-order valence-corrected chi connectivity index (χ1v) is 12.1. The van der Waals surface area contributed by atoms with Crippen molar-refractivity contribution < 1.29 is 14.0 Å². The fourth-order valence-electron chi connectivity index (χ4n) is 3.85. The van der Waals surface area contributed by atoms with Gasteiger partial charge in [-0.15, -0.1) is 11.8 Å². The van der Waals surface area contributed by atoms with E-state index >= 15 is 0 Å². The lowest BCUT2D eigenvalue weighted by molar-refractivity contribution is -0.139. The molecule has 0 aliphatic heterocycles. The molecule has 0 aromatic heterocycles. The van der Waals surface area contributed by atoms with Crippen molar-refractivity contribution in [3.63, 3.8) is 0 Å². The van der Waals surface area contributed by atoms with E-state index in [0.29, 0.717) is 0 Å². The minimum absolute atomic E-state index is 0.0865. The molecule has 1 N–H and O–H groups in total. The second-order valence-electron chi connectivity index (χ2n) is 8.15. The lowest BCUT2D eigenvalue weighted by atomic mass is 9.95. The van der Waals surface area contributed by atoms with Crippen LogP contribution in [0.15, 0.2) is 54.6 Å². The standard InChI is InChI=1S/C25H31FN2O2S/c1-19(25(30)27-23-10-6-3-7-11-23)28(16-20-12-14-22(26)15-13-20)24(29)18-31-17-21-8-4-2-5-9-21/h2,4-5,8-9,12-15,19,23H,3,6-7,10-11,16-18H2,1H3,(H,27,30)/t19-/m1/s1. The van der Waals surface area contributed by atoms with Crippen LogP contribution in [0.4, 0.5) is 4.39 Å². The van der Waals surface area contributed by atoms with Gasteiger partial charge in [0.15, 0.2) is 0 Å². The molecular formula is C25H31FN2O2S. The largest absolute Gasteiger partial charge is 0.352 e. The summed E-state index contributed by atoms with van der Waals surface area (Å²) in [6.07, 6.45) is 5.48. The summed E-state index contributed by atoms with van der Waals surface area (Å²) in [5.41, 5.74) is 1.97. The molecule has 0 unspecified atom stereocenters. The third kappa shape index (κ3) is 7.39. The lowest BCUT2D eigenvalue weighted by Gasteiger charge is -2.31. The van der Waals surface area contributed by atoms with Gasteiger partial charge in [0, 0.05) is 18.3 Å². The smallest absolute Gasteiger partial charge is 0.242 e. The lowest BCUT2D eigenvalue weighted by Crippen LogP contribution is -2.50. The van der Waals surface area contributed by atoms with E-state index in [4.69, 9.17) is 0 Å². The van der Waals surface area contributed by atoms with Crippen molar-refractivity contribution >= 4 is 23.6 Å². The molecule has 1 aliphatic rings. The van der Waals surface area contributed by atoms with Crippen molar-refractivity contribution in [3.05, 3.63) is 71.5 Å². The predicted octanol–water partition coefficient (Wildman–Crippen LogP) is 4.93. The summed E-state index contributed by atoms with van der Waals surface area (Å²) in [4.78, 5) is 27.6. The van der Waals surface area contributed by atoms with Gasteiger partial charge in [0.2, 0.25) is 11.8 Å². The van der Waals surface area contributed by atoms with E-state index in [1.165, 1.54) is 30.3 Å². The fourth-order valence-corrected chi connectivity index (χ4v) is 4.72. The molecule has 1 saturated carbocycles. The summed E-state index contributed by atoms with van der Waals surface area (Å²) in [6, 6.07) is 15.7. The van der Waals surface area contributed by atoms with Crippen LogP contribution in [0.3, 0.4) is 0 Å². The maximum absolute atomic E-state index is 13.3. The number of benzene rings is 2. The molecular weight excluding hydrogens is 411 g/mol. The van der Waals surface area contributed by atoms with E-state index in [1.807, 2.05) is 30.3 Å². The van der Waals surface area contributed by atoms with Gasteiger partial charge in [0.1, 0.15) is 11.9 Å². The van der Waals surface area contributed by atoms with Crippen LogP contribution in [0, 0.1) is 5.82 Å². The highest BCUT2D eigenvalue weighted by Crippen LogP contribution is 2.19. The molecule has 6 heteroatoms. The summed E-state index contributed by atoms with van der Waals surface area (Å²) >= 11 is 1.54. The van der Waals surface area contributed by atoms with Crippen molar-refractivity contribution in [2.75, 3.05) is 5.75 Å². The van der Waals surface area contributed by atoms with E-state index in [1.54, 1.807) is 24.0 Å². The third-order valence-electron chi connectivity index (χ3n) is 5.72. The molecule has 166 valence electrons. The summed E-state index contributed by atoms with van der Waals surface area (Å²) in [7, 11) is 0. The topological polar surface area (TPSA) is 49.4 Å². The van der Waals surface area contributed by atoms with Gasteiger partial charge in [-0.1, -0.05) is 61.7 Å². The number of rotatable bonds is 9. The monoisotopic (exact) mass is 442 g/mol. The van der Waals surface area contributed by atoms with Crippen LogP contribution in [0.25, 0.3) is 0 Å². The van der Waals surface area contributed by atoms with E-state index in [-0.39, 0.29) is 36.0 Å². The van der Waals surface area contributed by atoms with Gasteiger partial charge in [0.25, 0.3) is 0 Å². The molecule has 0 heterocycles. The SMILES string of the molecule is C[C@H](C(=O)NC1CCCCC1)N(Cc1ccc(F)cc1)C(=O)CSCc1ccccc1. The molecule has 1 aliphatic carbocycles. The Morgan fingerprint density at radius 3 is 2.39 bits per heavy atom. The van der Waals surface area contributed by atoms with Crippen LogP contribution < -0.4 is 5.32 Å². The maximum atomic E-state index is 13.3. The number of nitrogens with zero attached hydrogens (tertiary/aromatic N) is 1. The number of nitrogens with one attached hydrogen (secondary N) is 1. The number of hydrogen-bond donors (Lipinski definition) is 1. The zero-order valence-electron chi connectivity index (χ0n) is 18.1. The molecule has 1 atom stereocenters. The molecule has 0 saturated heterocycles. The van der Waals surface area contributed by atoms with Crippen LogP contribution in [-0.2, 0) is 21.9 Å². The molecule has 1 fully saturated rings. The summed E-state index contributed by atoms with van der Waals surface area (Å²) < 4.78 is 13.3. The summed E-state index contributed by atoms with van der Waals surface area (Å²) in [5, 5.41) is 3.13. The van der Waals surface area contributed by atoms with E-state index in [0.717, 1.165) is 42.6 Å². The molecule has 31 heavy (non-hydrogen) atoms. The van der Waals surface area contributed by atoms with Gasteiger partial charge >= 0.3 is 0 Å². The molecule has 3 rings (SSSR count). The van der Waals surface area contributed by atoms with Gasteiger partial charge in [-0.3, -0.25) is 9.59 Å². The Morgan fingerprint density at radius 1 is 1.03 bits per heavy atom. The van der Waals surface area contributed by atoms with E-state index in [9.17, 15) is 14.0 Å². The fraction of sp³-hybridized carbons (Fsp3) is 0.440. The van der Waals surface area contributed by atoms with E-state index < -0.39 is 6.04 Å². The average molecular weight is 443 g/mol. The van der Waals surface area contributed by atoms with Crippen LogP contribution in [0.5, 0.6) is 0 Å². The predicted molar refractivity (Wildman–Crippen MR) is 124 cm³/mol. The highest BCUT2D eigenvalue weighted by atomic mass is 32.2. The Kier molecular flexibility index (Phi) is 8.95. The highest BCUT2D eigenvalue weighted by molar-refractivity contribution is 7.99. The Hall–Kier alpha value is -2.34. The molecule has 4 nitrogen and oxygen atoms in total. The number of halogens is 1. The normalized spacial score (nSPS) is 15.3. The maximum Gasteiger partial charge on any atom is 0.242 e. The minimum Gasteiger partial charge on any atom is -0.352 e. The average Bonchev–Trinajstić information content (AvgIpc) is 2.79. The van der Waals surface area contributed by atoms with Gasteiger partial charge < -0.3 is 10.2 Å². The van der Waals surface area contributed by atoms with Crippen molar-refractivity contribution in [3.8, 4) is 0 Å². The second kappa shape index (κ2) is 11.9. The zero-order chi connectivity index (χ0) is 22.1. The Labute approximate surface area is 188 Å². The zero-order valence-corrected chi connectivity index (χ0v) is 18.9. The molecule has 0 spiro atoms. The van der Waals surface area contributed by atoms with Crippen molar-refractivity contribution in [2.24, 2.45) is 0 Å². The van der Waals surface area contributed by atoms with Crippen LogP contribution in [0.2, 0.25) is 0 Å². The molecule has 2 aromatic carbocycles. The number of thioether (sulfide) groups is 1. The van der Waals surface area contributed by atoms with Crippen molar-refractivity contribution in [1.82, 2.24) is 10.2 Å². The molecule has 2 aromatic rings. The number of carbonyl (C=O) groups excluding carboxylic acids is 2. The molecule has 0 radical (unpaired) electrons. The number of amides is 2. The van der Waals surface area contributed by atoms with Gasteiger partial charge in [-0.25, -0.2) is 4.39 Å². The Bertz CT molecular complexity index is 838. The molecule has 2 amide bonds. The third-order valence-corrected chi connectivity index (χ3v) is 6.71. The Morgan fingerprint density at radius 2 is 1.71 bits per heavy atom. The first-order chi connectivity index (χ1) is 15.0. The first-order valence-electron chi connectivity index (χ1n) is 11.0. The highest BCUT2D eigenvalue weighted by Gasteiger charge is 2.28. The molecule has 0 bridgehead atoms. The summed E-state index contributed by atoms with van der Waals surface area (Å²) in [6.45, 7) is 2.06.